The average Bonchev–Trinajstić information content (AvgIpc) is 2.69. The SMILES string of the molecule is NNC(Cc1csc2ccccc12)C(F)F. The third-order valence-electron chi connectivity index (χ3n) is 2.52. The van der Waals surface area contributed by atoms with E-state index in [-0.39, 0.29) is 6.42 Å². The van der Waals surface area contributed by atoms with Crippen LogP contribution in [0.25, 0.3) is 10.1 Å². The Kier molecular flexibility index (Phi) is 3.48. The van der Waals surface area contributed by atoms with Crippen molar-refractivity contribution >= 4 is 21.4 Å². The molecule has 1 aromatic carbocycles. The number of nitrogens with two attached hydrogens (primary N) is 1. The summed E-state index contributed by atoms with van der Waals surface area (Å²) < 4.78 is 26.2. The van der Waals surface area contributed by atoms with Crippen molar-refractivity contribution < 1.29 is 8.78 Å². The molecule has 0 fully saturated rings. The molecule has 0 aliphatic heterocycles. The molecule has 0 radical (unpaired) electrons. The second-order valence-corrected chi connectivity index (χ2v) is 4.48. The Hall–Kier alpha value is -1.04. The molecule has 1 atom stereocenters. The Labute approximate surface area is 96.0 Å². The lowest BCUT2D eigenvalue weighted by molar-refractivity contribution is 0.0986. The van der Waals surface area contributed by atoms with Crippen LogP contribution < -0.4 is 11.3 Å². The smallest absolute Gasteiger partial charge is 0.255 e. The zero-order valence-electron chi connectivity index (χ0n) is 8.49. The molecule has 0 amide bonds. The maximum Gasteiger partial charge on any atom is 0.255 e. The summed E-state index contributed by atoms with van der Waals surface area (Å²) in [6, 6.07) is 6.79. The molecule has 1 unspecified atom stereocenters. The minimum atomic E-state index is -2.45. The van der Waals surface area contributed by atoms with E-state index in [1.165, 1.54) is 0 Å². The zero-order valence-corrected chi connectivity index (χ0v) is 9.31. The Morgan fingerprint density at radius 3 is 2.75 bits per heavy atom. The highest BCUT2D eigenvalue weighted by Gasteiger charge is 2.20. The summed E-state index contributed by atoms with van der Waals surface area (Å²) in [7, 11) is 0. The third kappa shape index (κ3) is 2.21. The van der Waals surface area contributed by atoms with Gasteiger partial charge in [-0.2, -0.15) is 0 Å². The van der Waals surface area contributed by atoms with Crippen LogP contribution in [0.2, 0.25) is 0 Å². The van der Waals surface area contributed by atoms with Crippen LogP contribution in [0.5, 0.6) is 0 Å². The lowest BCUT2D eigenvalue weighted by Crippen LogP contribution is -2.42. The minimum Gasteiger partial charge on any atom is -0.271 e. The van der Waals surface area contributed by atoms with Gasteiger partial charge in [-0.15, -0.1) is 11.3 Å². The predicted molar refractivity (Wildman–Crippen MR) is 62.6 cm³/mol. The predicted octanol–water partition coefficient (Wildman–Crippen LogP) is 2.54. The Morgan fingerprint density at radius 2 is 2.06 bits per heavy atom. The Balaban J connectivity index is 2.27. The van der Waals surface area contributed by atoms with Gasteiger partial charge in [-0.25, -0.2) is 8.78 Å². The van der Waals surface area contributed by atoms with E-state index in [1.54, 1.807) is 11.3 Å². The first-order valence-electron chi connectivity index (χ1n) is 4.91. The summed E-state index contributed by atoms with van der Waals surface area (Å²) in [5.41, 5.74) is 3.08. The van der Waals surface area contributed by atoms with Gasteiger partial charge in [-0.3, -0.25) is 11.3 Å². The first-order valence-corrected chi connectivity index (χ1v) is 5.79. The quantitative estimate of drug-likeness (QED) is 0.638. The molecule has 86 valence electrons. The van der Waals surface area contributed by atoms with Crippen molar-refractivity contribution in [1.82, 2.24) is 5.43 Å². The van der Waals surface area contributed by atoms with Crippen LogP contribution in [-0.4, -0.2) is 12.5 Å². The fourth-order valence-corrected chi connectivity index (χ4v) is 2.62. The van der Waals surface area contributed by atoms with Gasteiger partial charge in [0.25, 0.3) is 6.43 Å². The van der Waals surface area contributed by atoms with E-state index in [4.69, 9.17) is 5.84 Å². The fourth-order valence-electron chi connectivity index (χ4n) is 1.65. The number of rotatable bonds is 4. The van der Waals surface area contributed by atoms with Gasteiger partial charge in [0.2, 0.25) is 0 Å². The van der Waals surface area contributed by atoms with Crippen molar-refractivity contribution in [2.75, 3.05) is 0 Å². The molecule has 5 heteroatoms. The Morgan fingerprint density at radius 1 is 1.31 bits per heavy atom. The molecule has 16 heavy (non-hydrogen) atoms. The summed E-state index contributed by atoms with van der Waals surface area (Å²) in [4.78, 5) is 0. The van der Waals surface area contributed by atoms with Crippen LogP contribution in [0, 0.1) is 0 Å². The number of alkyl halides is 2. The first kappa shape index (κ1) is 11.4. The first-order chi connectivity index (χ1) is 7.72. The van der Waals surface area contributed by atoms with Crippen LogP contribution in [-0.2, 0) is 6.42 Å². The zero-order chi connectivity index (χ0) is 11.5. The number of fused-ring (bicyclic) bond motifs is 1. The largest absolute Gasteiger partial charge is 0.271 e. The van der Waals surface area contributed by atoms with Crippen LogP contribution in [0.4, 0.5) is 8.78 Å². The van der Waals surface area contributed by atoms with Crippen molar-refractivity contribution in [2.24, 2.45) is 5.84 Å². The number of hydrogen-bond donors (Lipinski definition) is 2. The van der Waals surface area contributed by atoms with Crippen LogP contribution in [0.3, 0.4) is 0 Å². The summed E-state index contributed by atoms with van der Waals surface area (Å²) in [6.07, 6.45) is -2.21. The second-order valence-electron chi connectivity index (χ2n) is 3.57. The van der Waals surface area contributed by atoms with Crippen molar-refractivity contribution in [3.05, 3.63) is 35.2 Å². The normalized spacial score (nSPS) is 13.5. The van der Waals surface area contributed by atoms with E-state index < -0.39 is 12.5 Å². The molecule has 2 aromatic rings. The van der Waals surface area contributed by atoms with Crippen molar-refractivity contribution in [2.45, 2.75) is 18.9 Å². The average molecular weight is 242 g/mol. The lowest BCUT2D eigenvalue weighted by atomic mass is 10.1. The number of thiophene rings is 1. The van der Waals surface area contributed by atoms with E-state index in [2.05, 4.69) is 5.43 Å². The Bertz CT molecular complexity index is 470. The molecular formula is C11H12F2N2S. The molecule has 3 N–H and O–H groups in total. The summed E-state index contributed by atoms with van der Waals surface area (Å²) >= 11 is 1.56. The molecule has 1 heterocycles. The van der Waals surface area contributed by atoms with E-state index >= 15 is 0 Å². The van der Waals surface area contributed by atoms with Gasteiger partial charge in [0.05, 0.1) is 6.04 Å². The molecule has 2 rings (SSSR count). The molecule has 0 aliphatic rings. The van der Waals surface area contributed by atoms with E-state index in [0.29, 0.717) is 0 Å². The van der Waals surface area contributed by atoms with Gasteiger partial charge in [0, 0.05) is 4.70 Å². The standard InChI is InChI=1S/C11H12F2N2S/c12-11(13)9(15-14)5-7-6-16-10-4-2-1-3-8(7)10/h1-4,6,9,11,15H,5,14H2. The van der Waals surface area contributed by atoms with Crippen LogP contribution in [0.1, 0.15) is 5.56 Å². The van der Waals surface area contributed by atoms with Crippen molar-refractivity contribution in [3.63, 3.8) is 0 Å². The number of halogens is 2. The van der Waals surface area contributed by atoms with Crippen LogP contribution >= 0.6 is 11.3 Å². The topological polar surface area (TPSA) is 38.0 Å². The summed E-state index contributed by atoms with van der Waals surface area (Å²) in [5.74, 6) is 5.11. The highest BCUT2D eigenvalue weighted by molar-refractivity contribution is 7.17. The maximum absolute atomic E-state index is 12.6. The second kappa shape index (κ2) is 4.86. The van der Waals surface area contributed by atoms with Gasteiger partial charge in [0.1, 0.15) is 0 Å². The fraction of sp³-hybridized carbons (Fsp3) is 0.273. The number of hydrazine groups is 1. The van der Waals surface area contributed by atoms with Crippen LogP contribution in [0.15, 0.2) is 29.6 Å². The molecule has 0 spiro atoms. The third-order valence-corrected chi connectivity index (χ3v) is 3.53. The number of nitrogens with one attached hydrogen (secondary N) is 1. The molecule has 0 saturated heterocycles. The molecule has 0 saturated carbocycles. The van der Waals surface area contributed by atoms with Crippen molar-refractivity contribution in [1.29, 1.82) is 0 Å². The van der Waals surface area contributed by atoms with Gasteiger partial charge in [-0.05, 0) is 28.8 Å². The van der Waals surface area contributed by atoms with E-state index in [9.17, 15) is 8.78 Å². The molecular weight excluding hydrogens is 230 g/mol. The summed E-state index contributed by atoms with van der Waals surface area (Å²) in [6.45, 7) is 0. The highest BCUT2D eigenvalue weighted by atomic mass is 32.1. The van der Waals surface area contributed by atoms with Gasteiger partial charge in [0.15, 0.2) is 0 Å². The highest BCUT2D eigenvalue weighted by Crippen LogP contribution is 2.27. The van der Waals surface area contributed by atoms with E-state index in [1.807, 2.05) is 29.6 Å². The number of benzene rings is 1. The van der Waals surface area contributed by atoms with E-state index in [0.717, 1.165) is 15.6 Å². The van der Waals surface area contributed by atoms with Gasteiger partial charge >= 0.3 is 0 Å². The molecule has 1 aromatic heterocycles. The summed E-state index contributed by atoms with van der Waals surface area (Å²) in [5, 5.41) is 2.95. The van der Waals surface area contributed by atoms with Crippen molar-refractivity contribution in [3.8, 4) is 0 Å². The maximum atomic E-state index is 12.6. The molecule has 2 nitrogen and oxygen atoms in total. The minimum absolute atomic E-state index is 0.248. The molecule has 0 bridgehead atoms. The van der Waals surface area contributed by atoms with Gasteiger partial charge in [-0.1, -0.05) is 18.2 Å². The lowest BCUT2D eigenvalue weighted by Gasteiger charge is -2.13. The number of hydrogen-bond acceptors (Lipinski definition) is 3. The monoisotopic (exact) mass is 242 g/mol. The molecule has 0 aliphatic carbocycles. The van der Waals surface area contributed by atoms with Gasteiger partial charge < -0.3 is 0 Å².